The Morgan fingerprint density at radius 3 is 2.23 bits per heavy atom. The third kappa shape index (κ3) is 3.76. The fraction of sp³-hybridized carbons (Fsp3) is 0.273. The number of amides is 4. The molecule has 0 spiro atoms. The summed E-state index contributed by atoms with van der Waals surface area (Å²) in [6.45, 7) is 0. The van der Waals surface area contributed by atoms with Crippen molar-refractivity contribution >= 4 is 35.2 Å². The molecule has 2 aromatic carbocycles. The summed E-state index contributed by atoms with van der Waals surface area (Å²) in [5.41, 5.74) is 1.38. The van der Waals surface area contributed by atoms with Crippen molar-refractivity contribution in [3.63, 3.8) is 0 Å². The lowest BCUT2D eigenvalue weighted by molar-refractivity contribution is 0.0547. The van der Waals surface area contributed by atoms with Gasteiger partial charge in [0.25, 0.3) is 11.8 Å². The van der Waals surface area contributed by atoms with Crippen molar-refractivity contribution in [3.8, 4) is 0 Å². The summed E-state index contributed by atoms with van der Waals surface area (Å²) in [4.78, 5) is 50.3. The van der Waals surface area contributed by atoms with Gasteiger partial charge in [-0.25, -0.2) is 9.59 Å². The number of hydrogen-bond donors (Lipinski definition) is 3. The highest BCUT2D eigenvalue weighted by Gasteiger charge is 2.40. The molecule has 2 aromatic rings. The van der Waals surface area contributed by atoms with Crippen LogP contribution in [-0.2, 0) is 0 Å². The van der Waals surface area contributed by atoms with E-state index in [1.165, 1.54) is 29.2 Å². The van der Waals surface area contributed by atoms with Gasteiger partial charge in [0.1, 0.15) is 0 Å². The molecule has 154 valence electrons. The second-order valence-corrected chi connectivity index (χ2v) is 7.50. The van der Waals surface area contributed by atoms with Crippen LogP contribution in [0.4, 0.5) is 16.2 Å². The first kappa shape index (κ1) is 19.6. The van der Waals surface area contributed by atoms with E-state index in [9.17, 15) is 19.2 Å². The number of carboxylic acid groups (broad SMARTS) is 1. The van der Waals surface area contributed by atoms with Crippen LogP contribution in [-0.4, -0.2) is 39.9 Å². The third-order valence-corrected chi connectivity index (χ3v) is 5.48. The monoisotopic (exact) mass is 407 g/mol. The van der Waals surface area contributed by atoms with Gasteiger partial charge in [0, 0.05) is 17.4 Å². The molecule has 4 amide bonds. The number of anilines is 2. The zero-order valence-corrected chi connectivity index (χ0v) is 16.2. The second kappa shape index (κ2) is 7.98. The van der Waals surface area contributed by atoms with Crippen molar-refractivity contribution < 1.29 is 24.3 Å². The quantitative estimate of drug-likeness (QED) is 0.664. The van der Waals surface area contributed by atoms with Crippen molar-refractivity contribution in [1.29, 1.82) is 0 Å². The normalized spacial score (nSPS) is 16.3. The minimum Gasteiger partial charge on any atom is -0.478 e. The molecule has 1 aliphatic heterocycles. The van der Waals surface area contributed by atoms with Crippen LogP contribution < -0.4 is 10.6 Å². The first-order valence-electron chi connectivity index (χ1n) is 9.87. The van der Waals surface area contributed by atoms with Gasteiger partial charge >= 0.3 is 12.0 Å². The fourth-order valence-electron chi connectivity index (χ4n) is 4.03. The minimum atomic E-state index is -1.09. The molecule has 0 aromatic heterocycles. The number of aromatic carboxylic acids is 1. The van der Waals surface area contributed by atoms with E-state index >= 15 is 0 Å². The number of urea groups is 1. The number of rotatable bonds is 4. The van der Waals surface area contributed by atoms with E-state index in [0.29, 0.717) is 16.9 Å². The van der Waals surface area contributed by atoms with Crippen molar-refractivity contribution in [2.45, 2.75) is 38.1 Å². The van der Waals surface area contributed by atoms with E-state index in [0.717, 1.165) is 32.1 Å². The Morgan fingerprint density at radius 2 is 1.53 bits per heavy atom. The van der Waals surface area contributed by atoms with Crippen molar-refractivity contribution in [3.05, 3.63) is 59.2 Å². The van der Waals surface area contributed by atoms with Crippen LogP contribution in [0.3, 0.4) is 0 Å². The molecule has 1 fully saturated rings. The first-order valence-corrected chi connectivity index (χ1v) is 9.87. The molecule has 0 bridgehead atoms. The molecule has 1 aliphatic carbocycles. The summed E-state index contributed by atoms with van der Waals surface area (Å²) in [5, 5.41) is 14.2. The van der Waals surface area contributed by atoms with E-state index < -0.39 is 12.0 Å². The predicted molar refractivity (Wildman–Crippen MR) is 110 cm³/mol. The molecule has 0 radical (unpaired) electrons. The lowest BCUT2D eigenvalue weighted by Gasteiger charge is -2.29. The zero-order valence-electron chi connectivity index (χ0n) is 16.2. The molecule has 30 heavy (non-hydrogen) atoms. The van der Waals surface area contributed by atoms with Gasteiger partial charge in [-0.2, -0.15) is 0 Å². The topological polar surface area (TPSA) is 116 Å². The van der Waals surface area contributed by atoms with Crippen LogP contribution >= 0.6 is 0 Å². The van der Waals surface area contributed by atoms with Gasteiger partial charge in [-0.15, -0.1) is 0 Å². The van der Waals surface area contributed by atoms with Gasteiger partial charge in [-0.05, 0) is 49.2 Å². The van der Waals surface area contributed by atoms with Gasteiger partial charge < -0.3 is 15.7 Å². The molecule has 1 saturated carbocycles. The lowest BCUT2D eigenvalue weighted by Crippen LogP contribution is -2.40. The van der Waals surface area contributed by atoms with E-state index in [1.807, 2.05) is 0 Å². The number of nitrogens with zero attached hydrogens (tertiary/aromatic N) is 1. The largest absolute Gasteiger partial charge is 0.478 e. The molecular formula is C22H21N3O5. The fourth-order valence-corrected chi connectivity index (χ4v) is 4.03. The smallest absolute Gasteiger partial charge is 0.335 e. The summed E-state index contributed by atoms with van der Waals surface area (Å²) in [6, 6.07) is 9.84. The van der Waals surface area contributed by atoms with Crippen molar-refractivity contribution in [2.24, 2.45) is 0 Å². The van der Waals surface area contributed by atoms with Gasteiger partial charge in [-0.3, -0.25) is 14.5 Å². The van der Waals surface area contributed by atoms with Crippen LogP contribution in [0.2, 0.25) is 0 Å². The Morgan fingerprint density at radius 1 is 0.867 bits per heavy atom. The highest BCUT2D eigenvalue weighted by molar-refractivity contribution is 6.22. The highest BCUT2D eigenvalue weighted by Crippen LogP contribution is 2.32. The average Bonchev–Trinajstić information content (AvgIpc) is 2.98. The molecule has 2 aliphatic rings. The van der Waals surface area contributed by atoms with E-state index in [-0.39, 0.29) is 29.0 Å². The number of carbonyl (C=O) groups is 4. The van der Waals surface area contributed by atoms with Crippen LogP contribution in [0.5, 0.6) is 0 Å². The van der Waals surface area contributed by atoms with Crippen LogP contribution in [0, 0.1) is 0 Å². The summed E-state index contributed by atoms with van der Waals surface area (Å²) >= 11 is 0. The number of hydrogen-bond acceptors (Lipinski definition) is 4. The van der Waals surface area contributed by atoms with Gasteiger partial charge in [0.2, 0.25) is 0 Å². The average molecular weight is 407 g/mol. The van der Waals surface area contributed by atoms with Crippen LogP contribution in [0.25, 0.3) is 0 Å². The number of nitrogens with one attached hydrogen (secondary N) is 2. The maximum Gasteiger partial charge on any atom is 0.335 e. The number of imide groups is 1. The second-order valence-electron chi connectivity index (χ2n) is 7.50. The van der Waals surface area contributed by atoms with E-state index in [4.69, 9.17) is 5.11 Å². The maximum atomic E-state index is 12.9. The molecule has 0 unspecified atom stereocenters. The lowest BCUT2D eigenvalue weighted by atomic mass is 9.94. The highest BCUT2D eigenvalue weighted by atomic mass is 16.4. The standard InChI is InChI=1S/C22H21N3O5/c26-19-17-10-9-15(12-18(17)20(27)25(19)16-7-2-1-3-8-16)24-22(30)23-14-6-4-5-13(11-14)21(28)29/h4-6,9-12,16H,1-3,7-8H2,(H,28,29)(H2,23,24,30). The zero-order chi connectivity index (χ0) is 21.3. The summed E-state index contributed by atoms with van der Waals surface area (Å²) < 4.78 is 0. The van der Waals surface area contributed by atoms with Crippen molar-refractivity contribution in [2.75, 3.05) is 10.6 Å². The minimum absolute atomic E-state index is 0.0530. The Labute approximate surface area is 172 Å². The molecule has 8 nitrogen and oxygen atoms in total. The third-order valence-electron chi connectivity index (χ3n) is 5.48. The molecule has 8 heteroatoms. The maximum absolute atomic E-state index is 12.9. The SMILES string of the molecule is O=C(Nc1cccc(C(=O)O)c1)Nc1ccc2c(c1)C(=O)N(C1CCCCC1)C2=O. The first-order chi connectivity index (χ1) is 14.4. The number of fused-ring (bicyclic) bond motifs is 1. The van der Waals surface area contributed by atoms with E-state index in [2.05, 4.69) is 10.6 Å². The Balaban J connectivity index is 1.48. The molecule has 1 heterocycles. The molecule has 3 N–H and O–H groups in total. The van der Waals surface area contributed by atoms with Crippen LogP contribution in [0.15, 0.2) is 42.5 Å². The summed E-state index contributed by atoms with van der Waals surface area (Å²) in [7, 11) is 0. The summed E-state index contributed by atoms with van der Waals surface area (Å²) in [6.07, 6.45) is 4.79. The van der Waals surface area contributed by atoms with Crippen LogP contribution in [0.1, 0.15) is 63.2 Å². The molecule has 0 atom stereocenters. The summed E-state index contributed by atoms with van der Waals surface area (Å²) in [5.74, 6) is -1.69. The Hall–Kier alpha value is -3.68. The number of carboxylic acids is 1. The molecule has 4 rings (SSSR count). The number of benzene rings is 2. The van der Waals surface area contributed by atoms with Crippen molar-refractivity contribution in [1.82, 2.24) is 4.90 Å². The molecular weight excluding hydrogens is 386 g/mol. The Bertz CT molecular complexity index is 1040. The van der Waals surface area contributed by atoms with E-state index in [1.54, 1.807) is 18.2 Å². The van der Waals surface area contributed by atoms with Gasteiger partial charge in [0.15, 0.2) is 0 Å². The molecule has 0 saturated heterocycles. The van der Waals surface area contributed by atoms with Gasteiger partial charge in [0.05, 0.1) is 16.7 Å². The van der Waals surface area contributed by atoms with Gasteiger partial charge in [-0.1, -0.05) is 25.3 Å². The Kier molecular flexibility index (Phi) is 5.22. The predicted octanol–water partition coefficient (Wildman–Crippen LogP) is 3.96. The number of carbonyl (C=O) groups excluding carboxylic acids is 3.